The summed E-state index contributed by atoms with van der Waals surface area (Å²) >= 11 is 1.73. The summed E-state index contributed by atoms with van der Waals surface area (Å²) in [7, 11) is 0. The van der Waals surface area contributed by atoms with Gasteiger partial charge < -0.3 is 10.7 Å². The van der Waals surface area contributed by atoms with E-state index in [1.807, 2.05) is 6.92 Å². The van der Waals surface area contributed by atoms with E-state index in [2.05, 4.69) is 15.0 Å². The Bertz CT molecular complexity index is 376. The van der Waals surface area contributed by atoms with Crippen molar-refractivity contribution >= 4 is 17.6 Å². The molecule has 1 rings (SSSR count). The molecule has 0 unspecified atom stereocenters. The minimum absolute atomic E-state index is 0.392. The van der Waals surface area contributed by atoms with Crippen molar-refractivity contribution in [3.8, 4) is 6.19 Å². The molecule has 0 saturated carbocycles. The second-order valence-electron chi connectivity index (χ2n) is 2.98. The van der Waals surface area contributed by atoms with E-state index in [0.717, 1.165) is 22.9 Å². The second kappa shape index (κ2) is 6.09. The Kier molecular flexibility index (Phi) is 4.71. The number of aliphatic imine (C=N–C) groups is 1. The molecule has 15 heavy (non-hydrogen) atoms. The molecule has 0 aliphatic carbocycles. The first-order valence-electron chi connectivity index (χ1n) is 4.51. The topological polar surface area (TPSA) is 90.8 Å². The minimum Gasteiger partial charge on any atom is -0.386 e. The van der Waals surface area contributed by atoms with Crippen LogP contribution in [0.1, 0.15) is 17.8 Å². The highest BCUT2D eigenvalue weighted by atomic mass is 32.2. The number of nitrogens with zero attached hydrogens (tertiary/aromatic N) is 3. The molecule has 0 atom stereocenters. The number of hydrogen-bond donors (Lipinski definition) is 2. The highest BCUT2D eigenvalue weighted by Gasteiger charge is 2.01. The molecule has 0 aliphatic rings. The Labute approximate surface area is 92.8 Å². The van der Waals surface area contributed by atoms with Crippen LogP contribution < -0.4 is 5.73 Å². The predicted molar refractivity (Wildman–Crippen MR) is 61.3 cm³/mol. The molecule has 0 bridgehead atoms. The van der Waals surface area contributed by atoms with Gasteiger partial charge in [0.25, 0.3) is 0 Å². The smallest absolute Gasteiger partial charge is 0.207 e. The van der Waals surface area contributed by atoms with Crippen molar-refractivity contribution in [1.29, 1.82) is 5.26 Å². The quantitative estimate of drug-likeness (QED) is 0.339. The van der Waals surface area contributed by atoms with Crippen molar-refractivity contribution in [1.82, 2.24) is 9.97 Å². The highest BCUT2D eigenvalue weighted by molar-refractivity contribution is 7.98. The Hall–Kier alpha value is -1.48. The minimum atomic E-state index is 0.392. The van der Waals surface area contributed by atoms with Gasteiger partial charge in [0.05, 0.1) is 12.0 Å². The van der Waals surface area contributed by atoms with Gasteiger partial charge in [-0.2, -0.15) is 22.0 Å². The highest BCUT2D eigenvalue weighted by Crippen LogP contribution is 2.13. The third-order valence-electron chi connectivity index (χ3n) is 1.87. The lowest BCUT2D eigenvalue weighted by molar-refractivity contribution is 1.18. The lowest BCUT2D eigenvalue weighted by Crippen LogP contribution is -2.11. The summed E-state index contributed by atoms with van der Waals surface area (Å²) in [5.74, 6) is 2.10. The van der Waals surface area contributed by atoms with Crippen LogP contribution in [-0.2, 0) is 5.75 Å². The summed E-state index contributed by atoms with van der Waals surface area (Å²) in [6, 6.07) is 0. The molecule has 5 nitrogen and oxygen atoms in total. The zero-order valence-corrected chi connectivity index (χ0v) is 9.34. The molecular formula is C9H13N5S. The lowest BCUT2D eigenvalue weighted by Gasteiger charge is -1.99. The number of aromatic amines is 1. The van der Waals surface area contributed by atoms with E-state index in [1.165, 1.54) is 0 Å². The SMILES string of the molecule is Cc1[nH]cnc1CSCCC(N)=NC#N. The number of rotatable bonds is 5. The van der Waals surface area contributed by atoms with E-state index < -0.39 is 0 Å². The maximum Gasteiger partial charge on any atom is 0.207 e. The molecule has 0 saturated heterocycles. The number of H-pyrrole nitrogens is 1. The summed E-state index contributed by atoms with van der Waals surface area (Å²) in [6.45, 7) is 1.99. The van der Waals surface area contributed by atoms with Gasteiger partial charge in [-0.1, -0.05) is 0 Å². The van der Waals surface area contributed by atoms with Crippen LogP contribution in [0.25, 0.3) is 0 Å². The van der Waals surface area contributed by atoms with Crippen LogP contribution in [0.2, 0.25) is 0 Å². The Morgan fingerprint density at radius 1 is 1.80 bits per heavy atom. The fourth-order valence-electron chi connectivity index (χ4n) is 0.998. The van der Waals surface area contributed by atoms with Gasteiger partial charge in [0.15, 0.2) is 0 Å². The second-order valence-corrected chi connectivity index (χ2v) is 4.09. The molecule has 80 valence electrons. The largest absolute Gasteiger partial charge is 0.386 e. The van der Waals surface area contributed by atoms with Gasteiger partial charge in [-0.15, -0.1) is 0 Å². The van der Waals surface area contributed by atoms with E-state index in [0.29, 0.717) is 12.3 Å². The standard InChI is InChI=1S/C9H13N5S/c1-7-8(14-6-13-7)4-15-3-2-9(11)12-5-10/h6H,2-4H2,1H3,(H2,11,12)(H,13,14). The first-order chi connectivity index (χ1) is 7.24. The first kappa shape index (κ1) is 11.6. The number of hydrogen-bond acceptors (Lipinski definition) is 4. The van der Waals surface area contributed by atoms with Crippen molar-refractivity contribution in [3.63, 3.8) is 0 Å². The van der Waals surface area contributed by atoms with Crippen LogP contribution in [0.4, 0.5) is 0 Å². The molecule has 1 heterocycles. The zero-order chi connectivity index (χ0) is 11.1. The molecule has 1 aromatic heterocycles. The molecule has 0 radical (unpaired) electrons. The van der Waals surface area contributed by atoms with Gasteiger partial charge >= 0.3 is 0 Å². The molecular weight excluding hydrogens is 210 g/mol. The van der Waals surface area contributed by atoms with E-state index in [4.69, 9.17) is 11.0 Å². The molecule has 6 heteroatoms. The monoisotopic (exact) mass is 223 g/mol. The maximum atomic E-state index is 8.24. The third-order valence-corrected chi connectivity index (χ3v) is 2.84. The summed E-state index contributed by atoms with van der Waals surface area (Å²) in [5, 5.41) is 8.24. The maximum absolute atomic E-state index is 8.24. The fourth-order valence-corrected chi connectivity index (χ4v) is 1.98. The zero-order valence-electron chi connectivity index (χ0n) is 8.53. The molecule has 0 aromatic carbocycles. The van der Waals surface area contributed by atoms with Gasteiger partial charge in [-0.05, 0) is 6.92 Å². The van der Waals surface area contributed by atoms with Crippen molar-refractivity contribution in [2.45, 2.75) is 19.1 Å². The number of thioether (sulfide) groups is 1. The average Bonchev–Trinajstić information content (AvgIpc) is 2.60. The Morgan fingerprint density at radius 3 is 3.20 bits per heavy atom. The number of nitriles is 1. The summed E-state index contributed by atoms with van der Waals surface area (Å²) < 4.78 is 0. The van der Waals surface area contributed by atoms with Crippen molar-refractivity contribution < 1.29 is 0 Å². The molecule has 0 aliphatic heterocycles. The van der Waals surface area contributed by atoms with E-state index in [1.54, 1.807) is 24.3 Å². The molecule has 0 spiro atoms. The number of amidine groups is 1. The Morgan fingerprint density at radius 2 is 2.60 bits per heavy atom. The van der Waals surface area contributed by atoms with E-state index in [9.17, 15) is 0 Å². The number of imidazole rings is 1. The van der Waals surface area contributed by atoms with E-state index in [-0.39, 0.29) is 0 Å². The van der Waals surface area contributed by atoms with Crippen molar-refractivity contribution in [2.75, 3.05) is 5.75 Å². The number of aromatic nitrogens is 2. The average molecular weight is 223 g/mol. The molecule has 3 N–H and O–H groups in total. The van der Waals surface area contributed by atoms with Gasteiger partial charge in [-0.3, -0.25) is 0 Å². The third kappa shape index (κ3) is 4.04. The molecule has 0 amide bonds. The van der Waals surface area contributed by atoms with Crippen LogP contribution in [0, 0.1) is 18.4 Å². The lowest BCUT2D eigenvalue weighted by atomic mass is 10.4. The molecule has 1 aromatic rings. The van der Waals surface area contributed by atoms with Crippen LogP contribution in [0.3, 0.4) is 0 Å². The summed E-state index contributed by atoms with van der Waals surface area (Å²) in [4.78, 5) is 10.6. The van der Waals surface area contributed by atoms with Gasteiger partial charge in [0, 0.05) is 23.6 Å². The fraction of sp³-hybridized carbons (Fsp3) is 0.444. The number of nitrogens with one attached hydrogen (secondary N) is 1. The van der Waals surface area contributed by atoms with Crippen LogP contribution in [0.5, 0.6) is 0 Å². The van der Waals surface area contributed by atoms with Crippen LogP contribution in [0.15, 0.2) is 11.3 Å². The van der Waals surface area contributed by atoms with Crippen molar-refractivity contribution in [3.05, 3.63) is 17.7 Å². The summed E-state index contributed by atoms with van der Waals surface area (Å²) in [5.41, 5.74) is 7.63. The van der Waals surface area contributed by atoms with Gasteiger partial charge in [-0.25, -0.2) is 4.98 Å². The predicted octanol–water partition coefficient (Wildman–Crippen LogP) is 1.18. The summed E-state index contributed by atoms with van der Waals surface area (Å²) in [6.07, 6.45) is 4.00. The Balaban J connectivity index is 2.21. The van der Waals surface area contributed by atoms with Gasteiger partial charge in [0.2, 0.25) is 6.19 Å². The van der Waals surface area contributed by atoms with E-state index >= 15 is 0 Å². The number of aryl methyl sites for hydroxylation is 1. The first-order valence-corrected chi connectivity index (χ1v) is 5.67. The molecule has 0 fully saturated rings. The van der Waals surface area contributed by atoms with Crippen molar-refractivity contribution in [2.24, 2.45) is 10.7 Å². The number of nitrogens with two attached hydrogens (primary N) is 1. The van der Waals surface area contributed by atoms with Crippen LogP contribution >= 0.6 is 11.8 Å². The van der Waals surface area contributed by atoms with Gasteiger partial charge in [0.1, 0.15) is 5.84 Å². The normalized spacial score (nSPS) is 11.3. The van der Waals surface area contributed by atoms with Crippen LogP contribution in [-0.4, -0.2) is 21.6 Å².